The fraction of sp³-hybridized carbons (Fsp3) is 0.176. The van der Waals surface area contributed by atoms with Crippen LogP contribution < -0.4 is 15.4 Å². The maximum atomic E-state index is 12.3. The molecule has 0 bridgehead atoms. The largest absolute Gasteiger partial charge is 0.495 e. The zero-order valence-corrected chi connectivity index (χ0v) is 14.4. The lowest BCUT2D eigenvalue weighted by Gasteiger charge is -2.12. The predicted molar refractivity (Wildman–Crippen MR) is 94.0 cm³/mol. The second kappa shape index (κ2) is 7.78. The van der Waals surface area contributed by atoms with Crippen LogP contribution >= 0.6 is 15.9 Å². The molecule has 120 valence electrons. The van der Waals surface area contributed by atoms with Gasteiger partial charge in [-0.1, -0.05) is 22.9 Å². The van der Waals surface area contributed by atoms with E-state index in [4.69, 9.17) is 4.74 Å². The molecule has 0 spiro atoms. The van der Waals surface area contributed by atoms with Gasteiger partial charge in [0.25, 0.3) is 5.91 Å². The molecule has 6 heteroatoms. The quantitative estimate of drug-likeness (QED) is 0.826. The number of hydrogen-bond acceptors (Lipinski definition) is 3. The topological polar surface area (TPSA) is 67.4 Å². The molecule has 0 unspecified atom stereocenters. The van der Waals surface area contributed by atoms with E-state index in [1.807, 2.05) is 12.1 Å². The monoisotopic (exact) mass is 376 g/mol. The number of rotatable bonds is 5. The summed E-state index contributed by atoms with van der Waals surface area (Å²) in [6, 6.07) is 12.2. The molecule has 2 aromatic carbocycles. The van der Waals surface area contributed by atoms with Gasteiger partial charge in [-0.25, -0.2) is 0 Å². The number of nitrogens with one attached hydrogen (secondary N) is 2. The molecule has 0 fully saturated rings. The molecule has 0 heterocycles. The van der Waals surface area contributed by atoms with E-state index in [2.05, 4.69) is 26.6 Å². The summed E-state index contributed by atoms with van der Waals surface area (Å²) >= 11 is 3.34. The number of hydrogen-bond donors (Lipinski definition) is 2. The third-order valence-corrected chi connectivity index (χ3v) is 3.69. The summed E-state index contributed by atoms with van der Waals surface area (Å²) in [4.78, 5) is 23.9. The Hall–Kier alpha value is -2.34. The van der Waals surface area contributed by atoms with Crippen molar-refractivity contribution in [2.75, 3.05) is 17.7 Å². The van der Waals surface area contributed by atoms with Crippen molar-refractivity contribution < 1.29 is 14.3 Å². The van der Waals surface area contributed by atoms with E-state index in [1.54, 1.807) is 37.3 Å². The van der Waals surface area contributed by atoms with Crippen LogP contribution in [0.3, 0.4) is 0 Å². The third-order valence-electron chi connectivity index (χ3n) is 3.16. The molecule has 23 heavy (non-hydrogen) atoms. The van der Waals surface area contributed by atoms with E-state index >= 15 is 0 Å². The zero-order valence-electron chi connectivity index (χ0n) is 12.9. The number of amides is 2. The lowest BCUT2D eigenvalue weighted by atomic mass is 10.1. The second-order valence-corrected chi connectivity index (χ2v) is 5.69. The summed E-state index contributed by atoms with van der Waals surface area (Å²) in [5.41, 5.74) is 1.59. The van der Waals surface area contributed by atoms with Gasteiger partial charge in [-0.3, -0.25) is 9.59 Å². The van der Waals surface area contributed by atoms with Gasteiger partial charge in [-0.15, -0.1) is 0 Å². The number of carbonyl (C=O) groups excluding carboxylic acids is 2. The first-order valence-corrected chi connectivity index (χ1v) is 7.87. The summed E-state index contributed by atoms with van der Waals surface area (Å²) < 4.78 is 6.14. The maximum Gasteiger partial charge on any atom is 0.255 e. The number of carbonyl (C=O) groups is 2. The van der Waals surface area contributed by atoms with Crippen LogP contribution in [-0.4, -0.2) is 18.9 Å². The summed E-state index contributed by atoms with van der Waals surface area (Å²) in [5.74, 6) is 0.0998. The van der Waals surface area contributed by atoms with Crippen molar-refractivity contribution in [2.24, 2.45) is 0 Å². The summed E-state index contributed by atoms with van der Waals surface area (Å²) in [5, 5.41) is 5.53. The lowest BCUT2D eigenvalue weighted by molar-refractivity contribution is -0.115. The van der Waals surface area contributed by atoms with E-state index in [9.17, 15) is 9.59 Å². The first kappa shape index (κ1) is 17.0. The van der Waals surface area contributed by atoms with Gasteiger partial charge in [0, 0.05) is 22.1 Å². The van der Waals surface area contributed by atoms with Gasteiger partial charge in [0.1, 0.15) is 5.75 Å². The van der Waals surface area contributed by atoms with Crippen molar-refractivity contribution in [3.05, 3.63) is 52.5 Å². The first-order valence-electron chi connectivity index (χ1n) is 7.08. The molecule has 2 rings (SSSR count). The maximum absolute atomic E-state index is 12.3. The molecule has 2 N–H and O–H groups in total. The van der Waals surface area contributed by atoms with E-state index in [0.717, 1.165) is 4.47 Å². The highest BCUT2D eigenvalue weighted by Crippen LogP contribution is 2.26. The Balaban J connectivity index is 2.21. The van der Waals surface area contributed by atoms with Gasteiger partial charge in [0.2, 0.25) is 5.91 Å². The number of ether oxygens (including phenoxy) is 1. The molecule has 0 aliphatic carbocycles. The van der Waals surface area contributed by atoms with Crippen LogP contribution in [0.2, 0.25) is 0 Å². The number of methoxy groups -OCH3 is 1. The molecular formula is C17H17BrN2O3. The second-order valence-electron chi connectivity index (χ2n) is 4.78. The Bertz CT molecular complexity index is 714. The van der Waals surface area contributed by atoms with Gasteiger partial charge in [0.15, 0.2) is 0 Å². The van der Waals surface area contributed by atoms with E-state index in [0.29, 0.717) is 29.1 Å². The minimum atomic E-state index is -0.262. The molecule has 2 amide bonds. The van der Waals surface area contributed by atoms with Crippen LogP contribution in [0.1, 0.15) is 23.7 Å². The molecular weight excluding hydrogens is 360 g/mol. The van der Waals surface area contributed by atoms with Crippen LogP contribution in [-0.2, 0) is 4.79 Å². The normalized spacial score (nSPS) is 10.0. The predicted octanol–water partition coefficient (Wildman–Crippen LogP) is 4.06. The average Bonchev–Trinajstić information content (AvgIpc) is 2.56. The fourth-order valence-electron chi connectivity index (χ4n) is 1.92. The summed E-state index contributed by atoms with van der Waals surface area (Å²) in [7, 11) is 1.51. The molecule has 5 nitrogen and oxygen atoms in total. The molecule has 0 aliphatic heterocycles. The van der Waals surface area contributed by atoms with Gasteiger partial charge < -0.3 is 15.4 Å². The molecule has 0 aromatic heterocycles. The lowest BCUT2D eigenvalue weighted by Crippen LogP contribution is -2.14. The Morgan fingerprint density at radius 1 is 1.09 bits per heavy atom. The van der Waals surface area contributed by atoms with Crippen LogP contribution in [0.25, 0.3) is 0 Å². The van der Waals surface area contributed by atoms with Gasteiger partial charge in [-0.2, -0.15) is 0 Å². The van der Waals surface area contributed by atoms with Crippen molar-refractivity contribution in [1.29, 1.82) is 0 Å². The summed E-state index contributed by atoms with van der Waals surface area (Å²) in [6.45, 7) is 1.76. The SMILES string of the molecule is CCC(=O)Nc1cc(C(=O)Nc2ccc(Br)cc2)ccc1OC. The van der Waals surface area contributed by atoms with Crippen molar-refractivity contribution in [2.45, 2.75) is 13.3 Å². The van der Waals surface area contributed by atoms with E-state index in [1.165, 1.54) is 7.11 Å². The Labute approximate surface area is 143 Å². The van der Waals surface area contributed by atoms with Gasteiger partial charge in [-0.05, 0) is 42.5 Å². The van der Waals surface area contributed by atoms with Crippen molar-refractivity contribution in [3.8, 4) is 5.75 Å². The Morgan fingerprint density at radius 2 is 1.78 bits per heavy atom. The minimum absolute atomic E-state index is 0.145. The van der Waals surface area contributed by atoms with Gasteiger partial charge in [0.05, 0.1) is 12.8 Å². The molecule has 0 radical (unpaired) electrons. The average molecular weight is 377 g/mol. The van der Waals surface area contributed by atoms with Crippen molar-refractivity contribution >= 4 is 39.1 Å². The molecule has 0 atom stereocenters. The Kier molecular flexibility index (Phi) is 5.76. The smallest absolute Gasteiger partial charge is 0.255 e. The third kappa shape index (κ3) is 4.56. The fourth-order valence-corrected chi connectivity index (χ4v) is 2.19. The Morgan fingerprint density at radius 3 is 2.39 bits per heavy atom. The first-order chi connectivity index (χ1) is 11.0. The van der Waals surface area contributed by atoms with Gasteiger partial charge >= 0.3 is 0 Å². The molecule has 0 aliphatic rings. The van der Waals surface area contributed by atoms with Crippen LogP contribution in [0.15, 0.2) is 46.9 Å². The van der Waals surface area contributed by atoms with Crippen LogP contribution in [0.5, 0.6) is 5.75 Å². The summed E-state index contributed by atoms with van der Waals surface area (Å²) in [6.07, 6.45) is 0.346. The van der Waals surface area contributed by atoms with E-state index < -0.39 is 0 Å². The van der Waals surface area contributed by atoms with Crippen molar-refractivity contribution in [3.63, 3.8) is 0 Å². The number of anilines is 2. The van der Waals surface area contributed by atoms with Crippen LogP contribution in [0, 0.1) is 0 Å². The number of benzene rings is 2. The highest BCUT2D eigenvalue weighted by molar-refractivity contribution is 9.10. The van der Waals surface area contributed by atoms with Crippen LogP contribution in [0.4, 0.5) is 11.4 Å². The molecule has 0 saturated carbocycles. The molecule has 2 aromatic rings. The molecule has 0 saturated heterocycles. The number of halogens is 1. The minimum Gasteiger partial charge on any atom is -0.495 e. The van der Waals surface area contributed by atoms with E-state index in [-0.39, 0.29) is 11.8 Å². The highest BCUT2D eigenvalue weighted by atomic mass is 79.9. The standard InChI is InChI=1S/C17H17BrN2O3/c1-3-16(21)20-14-10-11(4-9-15(14)23-2)17(22)19-13-7-5-12(18)6-8-13/h4-10H,3H2,1-2H3,(H,19,22)(H,20,21). The van der Waals surface area contributed by atoms with Crippen molar-refractivity contribution in [1.82, 2.24) is 0 Å². The highest BCUT2D eigenvalue weighted by Gasteiger charge is 2.12. The zero-order chi connectivity index (χ0) is 16.8.